The third-order valence-corrected chi connectivity index (χ3v) is 7.36. The lowest BCUT2D eigenvalue weighted by Crippen LogP contribution is -2.44. The monoisotopic (exact) mass is 333 g/mol. The molecule has 2 saturated carbocycles. The number of nitrogens with two attached hydrogens (primary N) is 1. The Hall–Kier alpha value is -0.710. The molecule has 3 nitrogen and oxygen atoms in total. The zero-order chi connectivity index (χ0) is 16.0. The summed E-state index contributed by atoms with van der Waals surface area (Å²) in [5.74, 6) is 3.32. The van der Waals surface area contributed by atoms with Gasteiger partial charge >= 0.3 is 0 Å². The number of fused-ring (bicyclic) bond motifs is 5. The molecule has 0 aliphatic heterocycles. The van der Waals surface area contributed by atoms with Crippen LogP contribution in [0.25, 0.3) is 0 Å². The number of methoxy groups -OCH3 is 1. The second-order valence-electron chi connectivity index (χ2n) is 7.78. The number of benzene rings is 1. The molecule has 1 aromatic rings. The number of hydrogen-bond donors (Lipinski definition) is 1. The minimum Gasteiger partial charge on any atom is -0.497 e. The van der Waals surface area contributed by atoms with Crippen LogP contribution in [0.3, 0.4) is 0 Å². The molecule has 2 fully saturated rings. The molecule has 0 saturated heterocycles. The van der Waals surface area contributed by atoms with Gasteiger partial charge in [0.2, 0.25) is 0 Å². The molecule has 0 radical (unpaired) electrons. The van der Waals surface area contributed by atoms with E-state index < -0.39 is 0 Å². The van der Waals surface area contributed by atoms with Crippen molar-refractivity contribution in [1.82, 2.24) is 0 Å². The minimum atomic E-state index is 0.317. The van der Waals surface area contributed by atoms with Crippen molar-refractivity contribution in [3.05, 3.63) is 29.3 Å². The van der Waals surface area contributed by atoms with Crippen LogP contribution in [0.2, 0.25) is 0 Å². The van der Waals surface area contributed by atoms with Gasteiger partial charge in [0.15, 0.2) is 0 Å². The smallest absolute Gasteiger partial charge is 0.119 e. The SMILES string of the molecule is COc1ccc2c(c1)CCC1C2CCC2(C)C(OSN)CCC12. The summed E-state index contributed by atoms with van der Waals surface area (Å²) in [6, 6.07) is 6.72. The zero-order valence-corrected chi connectivity index (χ0v) is 14.9. The van der Waals surface area contributed by atoms with Crippen molar-refractivity contribution >= 4 is 12.2 Å². The molecular formula is C19H27NO2S. The molecule has 0 heterocycles. The van der Waals surface area contributed by atoms with Gasteiger partial charge in [0.25, 0.3) is 0 Å². The van der Waals surface area contributed by atoms with Gasteiger partial charge in [0.05, 0.1) is 25.4 Å². The third-order valence-electron chi connectivity index (χ3n) is 7.02. The Bertz CT molecular complexity index is 593. The number of hydrogen-bond acceptors (Lipinski definition) is 4. The summed E-state index contributed by atoms with van der Waals surface area (Å²) < 4.78 is 11.2. The molecule has 23 heavy (non-hydrogen) atoms. The molecule has 5 unspecified atom stereocenters. The quantitative estimate of drug-likeness (QED) is 0.655. The lowest BCUT2D eigenvalue weighted by Gasteiger charge is -2.50. The highest BCUT2D eigenvalue weighted by molar-refractivity contribution is 7.92. The van der Waals surface area contributed by atoms with Crippen LogP contribution in [0.1, 0.15) is 56.1 Å². The Morgan fingerprint density at radius 2 is 2.09 bits per heavy atom. The molecular weight excluding hydrogens is 306 g/mol. The van der Waals surface area contributed by atoms with Gasteiger partial charge in [0.1, 0.15) is 5.75 Å². The molecule has 126 valence electrons. The van der Waals surface area contributed by atoms with Gasteiger partial charge in [-0.05, 0) is 85.0 Å². The van der Waals surface area contributed by atoms with Crippen LogP contribution in [0.4, 0.5) is 0 Å². The molecule has 0 bridgehead atoms. The fourth-order valence-electron chi connectivity index (χ4n) is 5.86. The first-order valence-corrected chi connectivity index (χ1v) is 9.67. The van der Waals surface area contributed by atoms with E-state index in [1.807, 2.05) is 0 Å². The van der Waals surface area contributed by atoms with Gasteiger partial charge in [-0.3, -0.25) is 9.32 Å². The summed E-state index contributed by atoms with van der Waals surface area (Å²) in [6.45, 7) is 2.45. The Morgan fingerprint density at radius 3 is 2.87 bits per heavy atom. The first kappa shape index (κ1) is 15.8. The maximum Gasteiger partial charge on any atom is 0.119 e. The largest absolute Gasteiger partial charge is 0.497 e. The van der Waals surface area contributed by atoms with Gasteiger partial charge < -0.3 is 4.74 Å². The van der Waals surface area contributed by atoms with E-state index in [1.54, 1.807) is 12.7 Å². The molecule has 3 aliphatic rings. The Kier molecular flexibility index (Phi) is 4.11. The van der Waals surface area contributed by atoms with Crippen molar-refractivity contribution in [2.45, 2.75) is 57.5 Å². The van der Waals surface area contributed by atoms with Crippen molar-refractivity contribution in [3.63, 3.8) is 0 Å². The van der Waals surface area contributed by atoms with E-state index in [2.05, 4.69) is 25.1 Å². The normalized spacial score (nSPS) is 38.6. The van der Waals surface area contributed by atoms with E-state index in [1.165, 1.54) is 44.1 Å². The average molecular weight is 333 g/mol. The fourth-order valence-corrected chi connectivity index (χ4v) is 6.31. The highest BCUT2D eigenvalue weighted by Gasteiger charge is 2.55. The van der Waals surface area contributed by atoms with E-state index in [9.17, 15) is 0 Å². The van der Waals surface area contributed by atoms with Gasteiger partial charge in [-0.15, -0.1) is 0 Å². The Labute approximate surface area is 143 Å². The van der Waals surface area contributed by atoms with Crippen LogP contribution in [0.5, 0.6) is 5.75 Å². The number of rotatable bonds is 3. The predicted octanol–water partition coefficient (Wildman–Crippen LogP) is 4.46. The van der Waals surface area contributed by atoms with Crippen LogP contribution >= 0.6 is 12.2 Å². The predicted molar refractivity (Wildman–Crippen MR) is 94.3 cm³/mol. The molecule has 4 rings (SSSR count). The van der Waals surface area contributed by atoms with Crippen molar-refractivity contribution < 1.29 is 8.92 Å². The van der Waals surface area contributed by atoms with Gasteiger partial charge in [-0.1, -0.05) is 13.0 Å². The summed E-state index contributed by atoms with van der Waals surface area (Å²) in [7, 11) is 1.76. The standard InChI is InChI=1S/C19H27NO2S/c1-19-10-9-15-14-6-4-13(21-2)11-12(14)3-5-16(15)17(19)7-8-18(19)22-23-20/h4,6,11,15-18H,3,5,7-10,20H2,1-2H3. The van der Waals surface area contributed by atoms with Gasteiger partial charge in [0, 0.05) is 0 Å². The Morgan fingerprint density at radius 1 is 1.22 bits per heavy atom. The molecule has 4 heteroatoms. The van der Waals surface area contributed by atoms with E-state index in [4.69, 9.17) is 14.1 Å². The summed E-state index contributed by atoms with van der Waals surface area (Å²) in [5, 5.41) is 5.59. The molecule has 2 N–H and O–H groups in total. The minimum absolute atomic E-state index is 0.317. The molecule has 0 aromatic heterocycles. The van der Waals surface area contributed by atoms with Crippen LogP contribution in [-0.4, -0.2) is 13.2 Å². The van der Waals surface area contributed by atoms with Crippen molar-refractivity contribution in [2.24, 2.45) is 22.4 Å². The number of aryl methyl sites for hydroxylation is 1. The van der Waals surface area contributed by atoms with Gasteiger partial charge in [-0.25, -0.2) is 0 Å². The maximum atomic E-state index is 5.83. The van der Waals surface area contributed by atoms with E-state index in [-0.39, 0.29) is 0 Å². The molecule has 0 amide bonds. The van der Waals surface area contributed by atoms with Crippen molar-refractivity contribution in [3.8, 4) is 5.75 Å². The maximum absolute atomic E-state index is 5.83. The van der Waals surface area contributed by atoms with E-state index >= 15 is 0 Å². The summed E-state index contributed by atoms with van der Waals surface area (Å²) in [6.07, 6.45) is 7.85. The first-order chi connectivity index (χ1) is 11.2. The second kappa shape index (κ2) is 5.98. The fraction of sp³-hybridized carbons (Fsp3) is 0.684. The lowest BCUT2D eigenvalue weighted by atomic mass is 9.55. The molecule has 5 atom stereocenters. The van der Waals surface area contributed by atoms with E-state index in [0.29, 0.717) is 11.5 Å². The third kappa shape index (κ3) is 2.41. The van der Waals surface area contributed by atoms with Crippen LogP contribution in [-0.2, 0) is 10.6 Å². The Balaban J connectivity index is 1.62. The number of ether oxygens (including phenoxy) is 1. The highest BCUT2D eigenvalue weighted by Crippen LogP contribution is 2.61. The summed E-state index contributed by atoms with van der Waals surface area (Å²) in [4.78, 5) is 0. The second-order valence-corrected chi connectivity index (χ2v) is 8.17. The van der Waals surface area contributed by atoms with Crippen molar-refractivity contribution in [1.29, 1.82) is 0 Å². The summed E-state index contributed by atoms with van der Waals surface area (Å²) in [5.41, 5.74) is 3.41. The summed E-state index contributed by atoms with van der Waals surface area (Å²) >= 11 is 1.06. The zero-order valence-electron chi connectivity index (χ0n) is 14.1. The van der Waals surface area contributed by atoms with Crippen molar-refractivity contribution in [2.75, 3.05) is 7.11 Å². The topological polar surface area (TPSA) is 44.5 Å². The molecule has 1 aromatic carbocycles. The average Bonchev–Trinajstić information content (AvgIpc) is 2.91. The van der Waals surface area contributed by atoms with Crippen LogP contribution in [0, 0.1) is 17.3 Å². The lowest BCUT2D eigenvalue weighted by molar-refractivity contribution is -0.00286. The van der Waals surface area contributed by atoms with E-state index in [0.717, 1.165) is 35.7 Å². The first-order valence-electron chi connectivity index (χ1n) is 8.86. The molecule has 0 spiro atoms. The van der Waals surface area contributed by atoms with Crippen LogP contribution in [0.15, 0.2) is 18.2 Å². The molecule has 3 aliphatic carbocycles. The van der Waals surface area contributed by atoms with Gasteiger partial charge in [-0.2, -0.15) is 0 Å². The highest BCUT2D eigenvalue weighted by atomic mass is 32.2. The van der Waals surface area contributed by atoms with Crippen LogP contribution < -0.4 is 9.88 Å².